The average molecular weight is 829 g/mol. The van der Waals surface area contributed by atoms with Crippen molar-refractivity contribution in [1.82, 2.24) is 59.3 Å². The molecule has 6 N–H and O–H groups in total. The number of likely N-dealkylation sites (N-methyl/N-ethyl adjacent to an activating group) is 2. The van der Waals surface area contributed by atoms with Crippen LogP contribution in [-0.4, -0.2) is 98.3 Å². The molecule has 2 atom stereocenters. The van der Waals surface area contributed by atoms with E-state index < -0.39 is 0 Å². The van der Waals surface area contributed by atoms with Crippen molar-refractivity contribution in [2.24, 2.45) is 0 Å². The first-order chi connectivity index (χ1) is 30.0. The number of carbonyl (C=O) groups excluding carboxylic acids is 2. The quantitative estimate of drug-likeness (QED) is 0.141. The fourth-order valence-electron chi connectivity index (χ4n) is 7.77. The molecule has 10 heterocycles. The lowest BCUT2D eigenvalue weighted by molar-refractivity contribution is -0.130. The first-order valence-electron chi connectivity index (χ1n) is 20.1. The Balaban J connectivity index is 0.000000158. The van der Waals surface area contributed by atoms with Gasteiger partial charge in [-0.1, -0.05) is 0 Å². The van der Waals surface area contributed by atoms with Crippen molar-refractivity contribution in [3.63, 3.8) is 0 Å². The number of hydrogen-bond donors (Lipinski definition) is 4. The summed E-state index contributed by atoms with van der Waals surface area (Å²) < 4.78 is 3.42. The molecule has 0 radical (unpaired) electrons. The first-order valence-corrected chi connectivity index (χ1v) is 20.1. The molecule has 8 aromatic rings. The number of nitrogens with zero attached hydrogens (tertiary/aromatic N) is 12. The van der Waals surface area contributed by atoms with Gasteiger partial charge >= 0.3 is 0 Å². The Morgan fingerprint density at radius 3 is 1.44 bits per heavy atom. The van der Waals surface area contributed by atoms with Gasteiger partial charge in [0.25, 0.3) is 0 Å². The molecule has 0 spiro atoms. The molecular formula is C44H44N16O2. The Hall–Kier alpha value is -8.02. The topological polar surface area (TPSA) is 230 Å². The van der Waals surface area contributed by atoms with Gasteiger partial charge in [0.15, 0.2) is 0 Å². The number of anilines is 6. The predicted octanol–water partition coefficient (Wildman–Crippen LogP) is 5.85. The number of aryl methyl sites for hydroxylation is 2. The van der Waals surface area contributed by atoms with E-state index in [9.17, 15) is 9.59 Å². The summed E-state index contributed by atoms with van der Waals surface area (Å²) in [4.78, 5) is 54.3. The highest BCUT2D eigenvalue weighted by Crippen LogP contribution is 2.32. The van der Waals surface area contributed by atoms with E-state index in [2.05, 4.69) is 50.7 Å². The van der Waals surface area contributed by atoms with Gasteiger partial charge in [-0.15, -0.1) is 0 Å². The van der Waals surface area contributed by atoms with E-state index in [0.29, 0.717) is 23.3 Å². The number of aromatic nitrogens is 10. The molecule has 0 aromatic carbocycles. The minimum Gasteiger partial charge on any atom is -0.383 e. The molecule has 62 heavy (non-hydrogen) atoms. The highest BCUT2D eigenvalue weighted by Gasteiger charge is 2.32. The highest BCUT2D eigenvalue weighted by atomic mass is 16.2. The van der Waals surface area contributed by atoms with Crippen molar-refractivity contribution in [2.75, 3.05) is 49.3 Å². The van der Waals surface area contributed by atoms with Gasteiger partial charge in [0.05, 0.1) is 35.2 Å². The molecule has 2 amide bonds. The zero-order valence-electron chi connectivity index (χ0n) is 34.6. The van der Waals surface area contributed by atoms with Crippen LogP contribution in [0, 0.1) is 13.8 Å². The lowest BCUT2D eigenvalue weighted by atomic mass is 10.1. The molecule has 10 rings (SSSR count). The number of nitrogen functional groups attached to an aromatic ring is 2. The van der Waals surface area contributed by atoms with E-state index in [1.165, 1.54) is 0 Å². The van der Waals surface area contributed by atoms with Crippen molar-refractivity contribution < 1.29 is 9.59 Å². The summed E-state index contributed by atoms with van der Waals surface area (Å²) in [6.45, 7) is 5.52. The van der Waals surface area contributed by atoms with Crippen LogP contribution in [0.3, 0.4) is 0 Å². The van der Waals surface area contributed by atoms with Crippen molar-refractivity contribution >= 4 is 68.0 Å². The number of nitrogens with one attached hydrogen (secondary N) is 2. The second kappa shape index (κ2) is 16.2. The Morgan fingerprint density at radius 1 is 0.613 bits per heavy atom. The molecule has 8 aromatic heterocycles. The maximum absolute atomic E-state index is 12.2. The fraction of sp³-hybridized carbons (Fsp3) is 0.227. The monoisotopic (exact) mass is 828 g/mol. The second-order valence-corrected chi connectivity index (χ2v) is 15.5. The number of rotatable bonds is 8. The molecule has 18 nitrogen and oxygen atoms in total. The average Bonchev–Trinajstić information content (AvgIpc) is 4.07. The number of amides is 2. The van der Waals surface area contributed by atoms with Crippen LogP contribution in [0.15, 0.2) is 98.4 Å². The van der Waals surface area contributed by atoms with Gasteiger partial charge in [-0.25, -0.2) is 19.9 Å². The van der Waals surface area contributed by atoms with E-state index >= 15 is 0 Å². The SMILES string of the molecule is Cc1ccncc1-c1cc2cc(Nc3cnn([C@@H]4CCN(C)C4=O)c3)ncc2c(N)n1.Cc1ccncc1-c1cc2cc(Nc3cnn([C@H]4CCN(C)C4=O)c3)ncc2c(N)n1. The summed E-state index contributed by atoms with van der Waals surface area (Å²) in [5.74, 6) is 2.32. The minimum absolute atomic E-state index is 0.0830. The van der Waals surface area contributed by atoms with Crippen molar-refractivity contribution in [1.29, 1.82) is 0 Å². The van der Waals surface area contributed by atoms with E-state index in [0.717, 1.165) is 92.5 Å². The van der Waals surface area contributed by atoms with E-state index in [1.54, 1.807) is 68.7 Å². The van der Waals surface area contributed by atoms with Gasteiger partial charge in [0.1, 0.15) is 35.4 Å². The van der Waals surface area contributed by atoms with Gasteiger partial charge in [-0.05, 0) is 85.0 Å². The Bertz CT molecular complexity index is 2800. The number of likely N-dealkylation sites (tertiary alicyclic amines) is 2. The van der Waals surface area contributed by atoms with Crippen LogP contribution in [0.2, 0.25) is 0 Å². The molecule has 0 unspecified atom stereocenters. The van der Waals surface area contributed by atoms with Crippen LogP contribution in [0.4, 0.5) is 34.6 Å². The van der Waals surface area contributed by atoms with Crippen molar-refractivity contribution in [3.05, 3.63) is 109 Å². The summed E-state index contributed by atoms with van der Waals surface area (Å²) >= 11 is 0. The maximum atomic E-state index is 12.2. The van der Waals surface area contributed by atoms with E-state index in [4.69, 9.17) is 11.5 Å². The third kappa shape index (κ3) is 7.76. The molecular weight excluding hydrogens is 785 g/mol. The molecule has 2 fully saturated rings. The number of pyridine rings is 6. The van der Waals surface area contributed by atoms with Crippen LogP contribution in [0.5, 0.6) is 0 Å². The smallest absolute Gasteiger partial charge is 0.247 e. The minimum atomic E-state index is -0.249. The Labute approximate surface area is 356 Å². The van der Waals surface area contributed by atoms with Crippen molar-refractivity contribution in [3.8, 4) is 22.5 Å². The summed E-state index contributed by atoms with van der Waals surface area (Å²) in [5, 5.41) is 18.7. The standard InChI is InChI=1S/2C22H22N8O/c2*1-13-3-5-24-10-16(13)18-7-14-8-20(25-11-17(14)21(23)28-18)27-15-9-26-30(12-15)19-4-6-29(2)22(19)31/h2*3,5,7-12,19H,4,6H2,1-2H3,(H2,23,28)(H,25,27)/t2*19-/m10/s1. The number of hydrogen-bond acceptors (Lipinski definition) is 14. The molecule has 2 aliphatic heterocycles. The molecule has 2 aliphatic rings. The molecule has 312 valence electrons. The zero-order valence-corrected chi connectivity index (χ0v) is 34.6. The van der Waals surface area contributed by atoms with E-state index in [-0.39, 0.29) is 23.9 Å². The third-order valence-electron chi connectivity index (χ3n) is 11.3. The van der Waals surface area contributed by atoms with Gasteiger partial charge in [-0.3, -0.25) is 28.9 Å². The largest absolute Gasteiger partial charge is 0.383 e. The molecule has 0 aliphatic carbocycles. The number of fused-ring (bicyclic) bond motifs is 2. The molecule has 18 heteroatoms. The maximum Gasteiger partial charge on any atom is 0.247 e. The number of nitrogens with two attached hydrogens (primary N) is 2. The van der Waals surface area contributed by atoms with Gasteiger partial charge in [0.2, 0.25) is 11.8 Å². The zero-order chi connectivity index (χ0) is 43.1. The lowest BCUT2D eigenvalue weighted by Gasteiger charge is -2.10. The van der Waals surface area contributed by atoms with Gasteiger partial charge < -0.3 is 31.9 Å². The van der Waals surface area contributed by atoms with E-state index in [1.807, 2.05) is 76.7 Å². The summed E-state index contributed by atoms with van der Waals surface area (Å²) in [6, 6.07) is 11.2. The van der Waals surface area contributed by atoms with Gasteiger partial charge in [0, 0.05) is 98.7 Å². The number of carbonyl (C=O) groups is 2. The Kier molecular flexibility index (Phi) is 10.3. The van der Waals surface area contributed by atoms with Crippen molar-refractivity contribution in [2.45, 2.75) is 38.8 Å². The summed E-state index contributed by atoms with van der Waals surface area (Å²) in [6.07, 6.45) is 19.1. The van der Waals surface area contributed by atoms with Crippen LogP contribution >= 0.6 is 0 Å². The predicted molar refractivity (Wildman–Crippen MR) is 237 cm³/mol. The fourth-order valence-corrected chi connectivity index (χ4v) is 7.77. The van der Waals surface area contributed by atoms with Crippen LogP contribution in [0.25, 0.3) is 44.1 Å². The van der Waals surface area contributed by atoms with Crippen LogP contribution in [0.1, 0.15) is 36.1 Å². The normalized spacial score (nSPS) is 16.3. The third-order valence-corrected chi connectivity index (χ3v) is 11.3. The summed E-state index contributed by atoms with van der Waals surface area (Å²) in [7, 11) is 3.62. The first kappa shape index (κ1) is 39.4. The molecule has 0 bridgehead atoms. The lowest BCUT2D eigenvalue weighted by Crippen LogP contribution is -2.24. The summed E-state index contributed by atoms with van der Waals surface area (Å²) in [5.41, 5.74) is 19.5. The second-order valence-electron chi connectivity index (χ2n) is 15.5. The molecule has 2 saturated heterocycles. The Morgan fingerprint density at radius 2 is 1.05 bits per heavy atom. The van der Waals surface area contributed by atoms with Crippen LogP contribution < -0.4 is 22.1 Å². The molecule has 0 saturated carbocycles. The van der Waals surface area contributed by atoms with Gasteiger partial charge in [-0.2, -0.15) is 10.2 Å². The van der Waals surface area contributed by atoms with Crippen LogP contribution in [-0.2, 0) is 9.59 Å². The highest BCUT2D eigenvalue weighted by molar-refractivity contribution is 5.96.